The number of rotatable bonds is 3. The zero-order valence-corrected chi connectivity index (χ0v) is 31.2. The molecule has 0 saturated carbocycles. The van der Waals surface area contributed by atoms with E-state index >= 15 is 0 Å². The second-order valence-corrected chi connectivity index (χ2v) is 16.3. The Morgan fingerprint density at radius 1 is 0.500 bits per heavy atom. The van der Waals surface area contributed by atoms with Crippen molar-refractivity contribution in [3.63, 3.8) is 0 Å². The fourth-order valence-electron chi connectivity index (χ4n) is 7.98. The molecule has 0 radical (unpaired) electrons. The summed E-state index contributed by atoms with van der Waals surface area (Å²) in [6, 6.07) is 43.5. The van der Waals surface area contributed by atoms with Crippen LogP contribution >= 0.6 is 0 Å². The number of aryl methyl sites for hydroxylation is 2. The number of hydrogen-bond donors (Lipinski definition) is 0. The molecule has 8 aromatic rings. The Balaban J connectivity index is 1.59. The van der Waals surface area contributed by atoms with Crippen LogP contribution in [0.1, 0.15) is 74.9 Å². The van der Waals surface area contributed by atoms with Gasteiger partial charge in [-0.15, -0.1) is 0 Å². The number of nitriles is 2. The third-order valence-electron chi connectivity index (χ3n) is 10.7. The smallest absolute Gasteiger partial charge is 0.0998 e. The normalized spacial score (nSPS) is 12.2. The molecule has 2 heterocycles. The average molecular weight is 675 g/mol. The number of para-hydroxylation sites is 2. The lowest BCUT2D eigenvalue weighted by Gasteiger charge is -2.19. The molecule has 0 atom stereocenters. The standard InChI is InChI=1S/C48H42N4/c1-29-12-11-13-30(2)45(29)52-42-15-10-9-14-36(42)40-25-35(26-41(46(40)52)37-22-31(27-49)16-17-32(37)28-50)51-43-20-18-33(47(3,4)5)23-38(43)39-24-34(48(6,7)8)19-21-44(39)51/h9-26H,1-8H3. The summed E-state index contributed by atoms with van der Waals surface area (Å²) in [7, 11) is 0. The van der Waals surface area contributed by atoms with E-state index in [1.54, 1.807) is 12.1 Å². The Morgan fingerprint density at radius 3 is 1.67 bits per heavy atom. The highest BCUT2D eigenvalue weighted by molar-refractivity contribution is 6.16. The molecule has 8 rings (SSSR count). The highest BCUT2D eigenvalue weighted by Crippen LogP contribution is 2.44. The summed E-state index contributed by atoms with van der Waals surface area (Å²) in [5.41, 5.74) is 14.1. The maximum absolute atomic E-state index is 10.5. The Hall–Kier alpha value is -6.10. The average Bonchev–Trinajstić information content (AvgIpc) is 3.62. The van der Waals surface area contributed by atoms with Crippen LogP contribution < -0.4 is 0 Å². The van der Waals surface area contributed by atoms with E-state index in [9.17, 15) is 10.5 Å². The molecule has 52 heavy (non-hydrogen) atoms. The van der Waals surface area contributed by atoms with E-state index in [1.807, 2.05) is 6.07 Å². The molecule has 0 aliphatic rings. The van der Waals surface area contributed by atoms with Crippen molar-refractivity contribution >= 4 is 43.6 Å². The van der Waals surface area contributed by atoms with Crippen molar-refractivity contribution in [3.8, 4) is 34.6 Å². The lowest BCUT2D eigenvalue weighted by Crippen LogP contribution is -2.10. The van der Waals surface area contributed by atoms with Gasteiger partial charge in [-0.25, -0.2) is 0 Å². The van der Waals surface area contributed by atoms with Crippen LogP contribution in [0.2, 0.25) is 0 Å². The SMILES string of the molecule is Cc1cccc(C)c1-n1c2ccccc2c2cc(-n3c4ccc(C(C)(C)C)cc4c4cc(C(C)(C)C)ccc43)cc(-c3cc(C#N)ccc3C#N)c21. The molecule has 6 aromatic carbocycles. The van der Waals surface area contributed by atoms with E-state index in [0.717, 1.165) is 66.5 Å². The van der Waals surface area contributed by atoms with E-state index in [0.29, 0.717) is 11.1 Å². The minimum atomic E-state index is -0.00862. The number of nitrogens with zero attached hydrogens (tertiary/aromatic N) is 4. The largest absolute Gasteiger partial charge is 0.309 e. The summed E-state index contributed by atoms with van der Waals surface area (Å²) in [6.07, 6.45) is 0. The van der Waals surface area contributed by atoms with Crippen molar-refractivity contribution in [3.05, 3.63) is 143 Å². The van der Waals surface area contributed by atoms with E-state index in [-0.39, 0.29) is 10.8 Å². The molecule has 0 fully saturated rings. The third-order valence-corrected chi connectivity index (χ3v) is 10.7. The van der Waals surface area contributed by atoms with Gasteiger partial charge in [-0.3, -0.25) is 0 Å². The number of aromatic nitrogens is 2. The monoisotopic (exact) mass is 674 g/mol. The molecule has 0 bridgehead atoms. The summed E-state index contributed by atoms with van der Waals surface area (Å²) >= 11 is 0. The summed E-state index contributed by atoms with van der Waals surface area (Å²) in [4.78, 5) is 0. The molecule has 0 saturated heterocycles. The van der Waals surface area contributed by atoms with Crippen molar-refractivity contribution in [1.29, 1.82) is 10.5 Å². The second kappa shape index (κ2) is 11.7. The topological polar surface area (TPSA) is 57.4 Å². The van der Waals surface area contributed by atoms with Crippen LogP contribution in [0.15, 0.2) is 109 Å². The predicted molar refractivity (Wildman–Crippen MR) is 217 cm³/mol. The molecule has 0 N–H and O–H groups in total. The van der Waals surface area contributed by atoms with Crippen LogP contribution in [0.4, 0.5) is 0 Å². The fraction of sp³-hybridized carbons (Fsp3) is 0.208. The fourth-order valence-corrected chi connectivity index (χ4v) is 7.98. The van der Waals surface area contributed by atoms with Gasteiger partial charge in [0.1, 0.15) is 0 Å². The lowest BCUT2D eigenvalue weighted by atomic mass is 9.85. The first-order valence-corrected chi connectivity index (χ1v) is 18.0. The molecular formula is C48H42N4. The van der Waals surface area contributed by atoms with Gasteiger partial charge in [0.15, 0.2) is 0 Å². The van der Waals surface area contributed by atoms with Crippen LogP contribution in [0, 0.1) is 36.5 Å². The zero-order valence-electron chi connectivity index (χ0n) is 31.2. The van der Waals surface area contributed by atoms with E-state index in [4.69, 9.17) is 0 Å². The van der Waals surface area contributed by atoms with Gasteiger partial charge in [-0.1, -0.05) is 90.1 Å². The van der Waals surface area contributed by atoms with Crippen LogP contribution in [-0.4, -0.2) is 9.13 Å². The molecule has 254 valence electrons. The lowest BCUT2D eigenvalue weighted by molar-refractivity contribution is 0.590. The Labute approximate surface area is 305 Å². The maximum atomic E-state index is 10.5. The Kier molecular flexibility index (Phi) is 7.46. The molecule has 4 heteroatoms. The molecule has 2 aromatic heterocycles. The van der Waals surface area contributed by atoms with Gasteiger partial charge in [0, 0.05) is 38.4 Å². The number of benzene rings is 6. The minimum absolute atomic E-state index is 0.00862. The highest BCUT2D eigenvalue weighted by Gasteiger charge is 2.25. The van der Waals surface area contributed by atoms with Gasteiger partial charge in [-0.2, -0.15) is 10.5 Å². The van der Waals surface area contributed by atoms with Gasteiger partial charge in [0.2, 0.25) is 0 Å². The predicted octanol–water partition coefficient (Wildman–Crippen LogP) is 12.5. The van der Waals surface area contributed by atoms with Crippen LogP contribution in [0.3, 0.4) is 0 Å². The molecule has 0 spiro atoms. The van der Waals surface area contributed by atoms with E-state index in [2.05, 4.69) is 168 Å². The van der Waals surface area contributed by atoms with E-state index < -0.39 is 0 Å². The quantitative estimate of drug-likeness (QED) is 0.187. The summed E-state index contributed by atoms with van der Waals surface area (Å²) in [5, 5.41) is 25.2. The van der Waals surface area contributed by atoms with Crippen molar-refractivity contribution in [2.24, 2.45) is 0 Å². The first-order valence-electron chi connectivity index (χ1n) is 18.0. The molecule has 0 amide bonds. The maximum Gasteiger partial charge on any atom is 0.0998 e. The minimum Gasteiger partial charge on any atom is -0.309 e. The van der Waals surface area contributed by atoms with E-state index in [1.165, 1.54) is 21.9 Å². The van der Waals surface area contributed by atoms with Gasteiger partial charge in [0.25, 0.3) is 0 Å². The summed E-state index contributed by atoms with van der Waals surface area (Å²) in [5.74, 6) is 0. The second-order valence-electron chi connectivity index (χ2n) is 16.3. The summed E-state index contributed by atoms with van der Waals surface area (Å²) < 4.78 is 4.75. The Bertz CT molecular complexity index is 2760. The van der Waals surface area contributed by atoms with Crippen molar-refractivity contribution in [2.45, 2.75) is 66.2 Å². The van der Waals surface area contributed by atoms with Crippen LogP contribution in [-0.2, 0) is 10.8 Å². The first kappa shape index (κ1) is 33.1. The molecule has 0 aliphatic heterocycles. The van der Waals surface area contributed by atoms with Crippen molar-refractivity contribution < 1.29 is 0 Å². The van der Waals surface area contributed by atoms with Gasteiger partial charge < -0.3 is 9.13 Å². The van der Waals surface area contributed by atoms with Crippen molar-refractivity contribution in [2.75, 3.05) is 0 Å². The third kappa shape index (κ3) is 5.10. The molecule has 0 aliphatic carbocycles. The highest BCUT2D eigenvalue weighted by atomic mass is 15.0. The molecule has 4 nitrogen and oxygen atoms in total. The van der Waals surface area contributed by atoms with Crippen molar-refractivity contribution in [1.82, 2.24) is 9.13 Å². The zero-order chi connectivity index (χ0) is 36.7. The molecular weight excluding hydrogens is 633 g/mol. The van der Waals surface area contributed by atoms with Crippen LogP contribution in [0.5, 0.6) is 0 Å². The van der Waals surface area contributed by atoms with Gasteiger partial charge in [-0.05, 0) is 108 Å². The Morgan fingerprint density at radius 2 is 1.10 bits per heavy atom. The van der Waals surface area contributed by atoms with Gasteiger partial charge in [0.05, 0.1) is 51.0 Å². The summed E-state index contributed by atoms with van der Waals surface area (Å²) in [6.45, 7) is 17.9. The number of hydrogen-bond acceptors (Lipinski definition) is 2. The van der Waals surface area contributed by atoms with Crippen LogP contribution in [0.25, 0.3) is 66.1 Å². The van der Waals surface area contributed by atoms with Gasteiger partial charge >= 0.3 is 0 Å². The first-order chi connectivity index (χ1) is 24.8. The molecule has 0 unspecified atom stereocenters. The number of fused-ring (bicyclic) bond motifs is 6.